The third-order valence-electron chi connectivity index (χ3n) is 2.57. The molecule has 0 saturated carbocycles. The summed E-state index contributed by atoms with van der Waals surface area (Å²) in [5.74, 6) is 0. The van der Waals surface area contributed by atoms with Gasteiger partial charge < -0.3 is 5.73 Å². The molecule has 2 aromatic rings. The fourth-order valence-electron chi connectivity index (χ4n) is 1.76. The Morgan fingerprint density at radius 2 is 2.11 bits per heavy atom. The zero-order valence-corrected chi connectivity index (χ0v) is 10.2. The number of hydrogen-bond donors (Lipinski definition) is 1. The molecule has 1 aromatic heterocycles. The zero-order valence-electron chi connectivity index (χ0n) is 10.2. The van der Waals surface area contributed by atoms with Crippen LogP contribution in [0.15, 0.2) is 30.5 Å². The molecule has 0 aliphatic rings. The van der Waals surface area contributed by atoms with Gasteiger partial charge in [-0.25, -0.2) is 4.68 Å². The predicted molar refractivity (Wildman–Crippen MR) is 63.7 cm³/mol. The smallest absolute Gasteiger partial charge is 0.328 e. The van der Waals surface area contributed by atoms with Crippen molar-refractivity contribution in [3.8, 4) is 5.69 Å². The molecule has 1 atom stereocenters. The van der Waals surface area contributed by atoms with Crippen molar-refractivity contribution in [2.45, 2.75) is 25.6 Å². The fourth-order valence-corrected chi connectivity index (χ4v) is 1.76. The molecule has 0 bridgehead atoms. The lowest BCUT2D eigenvalue weighted by molar-refractivity contribution is -0.137. The van der Waals surface area contributed by atoms with Crippen molar-refractivity contribution in [3.05, 3.63) is 41.7 Å². The van der Waals surface area contributed by atoms with Gasteiger partial charge in [0.15, 0.2) is 0 Å². The lowest BCUT2D eigenvalue weighted by Crippen LogP contribution is -2.20. The van der Waals surface area contributed by atoms with Crippen LogP contribution in [0.1, 0.15) is 18.2 Å². The van der Waals surface area contributed by atoms with E-state index in [-0.39, 0.29) is 6.04 Å². The van der Waals surface area contributed by atoms with E-state index < -0.39 is 11.7 Å². The lowest BCUT2D eigenvalue weighted by Gasteiger charge is -2.11. The SMILES string of the molecule is CC(N)Cc1cnnn1-c1cccc(C(F)(F)F)c1. The van der Waals surface area contributed by atoms with Crippen LogP contribution in [0.3, 0.4) is 0 Å². The molecule has 1 unspecified atom stereocenters. The number of nitrogens with zero attached hydrogens (tertiary/aromatic N) is 3. The van der Waals surface area contributed by atoms with Gasteiger partial charge >= 0.3 is 6.18 Å². The van der Waals surface area contributed by atoms with Crippen molar-refractivity contribution >= 4 is 0 Å². The number of benzene rings is 1. The standard InChI is InChI=1S/C12H13F3N4/c1-8(16)5-11-7-17-18-19(11)10-4-2-3-9(6-10)12(13,14)15/h2-4,6-8H,5,16H2,1H3. The highest BCUT2D eigenvalue weighted by molar-refractivity contribution is 5.37. The largest absolute Gasteiger partial charge is 0.416 e. The summed E-state index contributed by atoms with van der Waals surface area (Å²) in [4.78, 5) is 0. The summed E-state index contributed by atoms with van der Waals surface area (Å²) in [6.45, 7) is 1.81. The second-order valence-corrected chi connectivity index (χ2v) is 4.37. The van der Waals surface area contributed by atoms with Crippen molar-refractivity contribution in [2.24, 2.45) is 5.73 Å². The molecular weight excluding hydrogens is 257 g/mol. The van der Waals surface area contributed by atoms with Crippen molar-refractivity contribution in [1.82, 2.24) is 15.0 Å². The van der Waals surface area contributed by atoms with Crippen molar-refractivity contribution in [2.75, 3.05) is 0 Å². The molecule has 7 heteroatoms. The first kappa shape index (κ1) is 13.5. The third kappa shape index (κ3) is 3.11. The summed E-state index contributed by atoms with van der Waals surface area (Å²) in [7, 11) is 0. The molecule has 0 radical (unpaired) electrons. The van der Waals surface area contributed by atoms with Gasteiger partial charge in [0.1, 0.15) is 0 Å². The highest BCUT2D eigenvalue weighted by Crippen LogP contribution is 2.30. The first-order chi connectivity index (χ1) is 8.88. The van der Waals surface area contributed by atoms with E-state index in [4.69, 9.17) is 5.73 Å². The third-order valence-corrected chi connectivity index (χ3v) is 2.57. The zero-order chi connectivity index (χ0) is 14.0. The summed E-state index contributed by atoms with van der Waals surface area (Å²) in [5.41, 5.74) is 5.96. The van der Waals surface area contributed by atoms with E-state index >= 15 is 0 Å². The van der Waals surface area contributed by atoms with Crippen molar-refractivity contribution in [3.63, 3.8) is 0 Å². The molecule has 0 aliphatic heterocycles. The molecule has 0 spiro atoms. The molecule has 19 heavy (non-hydrogen) atoms. The van der Waals surface area contributed by atoms with E-state index in [9.17, 15) is 13.2 Å². The fraction of sp³-hybridized carbons (Fsp3) is 0.333. The molecule has 2 rings (SSSR count). The van der Waals surface area contributed by atoms with Crippen LogP contribution in [0.5, 0.6) is 0 Å². The number of halogens is 3. The van der Waals surface area contributed by atoms with E-state index in [1.165, 1.54) is 16.9 Å². The van der Waals surface area contributed by atoms with E-state index in [2.05, 4.69) is 10.3 Å². The number of rotatable bonds is 3. The van der Waals surface area contributed by atoms with Gasteiger partial charge in [-0.15, -0.1) is 5.10 Å². The molecule has 1 heterocycles. The van der Waals surface area contributed by atoms with Gasteiger partial charge in [-0.2, -0.15) is 13.2 Å². The first-order valence-electron chi connectivity index (χ1n) is 5.70. The van der Waals surface area contributed by atoms with Gasteiger partial charge in [0.2, 0.25) is 0 Å². The predicted octanol–water partition coefficient (Wildman–Crippen LogP) is 2.18. The van der Waals surface area contributed by atoms with E-state index in [1.54, 1.807) is 6.07 Å². The second-order valence-electron chi connectivity index (χ2n) is 4.37. The highest BCUT2D eigenvalue weighted by Gasteiger charge is 2.30. The first-order valence-corrected chi connectivity index (χ1v) is 5.70. The monoisotopic (exact) mass is 270 g/mol. The molecule has 0 amide bonds. The Hall–Kier alpha value is -1.89. The summed E-state index contributed by atoms with van der Waals surface area (Å²) < 4.78 is 39.3. The topological polar surface area (TPSA) is 56.7 Å². The van der Waals surface area contributed by atoms with E-state index in [0.29, 0.717) is 17.8 Å². The van der Waals surface area contributed by atoms with Crippen LogP contribution in [0.25, 0.3) is 5.69 Å². The summed E-state index contributed by atoms with van der Waals surface area (Å²) >= 11 is 0. The van der Waals surface area contributed by atoms with Crippen LogP contribution in [-0.2, 0) is 12.6 Å². The number of aromatic nitrogens is 3. The van der Waals surface area contributed by atoms with Crippen LogP contribution < -0.4 is 5.73 Å². The summed E-state index contributed by atoms with van der Waals surface area (Å²) in [6, 6.07) is 4.83. The average Bonchev–Trinajstić information content (AvgIpc) is 2.75. The van der Waals surface area contributed by atoms with E-state index in [0.717, 1.165) is 12.1 Å². The van der Waals surface area contributed by atoms with Crippen LogP contribution in [-0.4, -0.2) is 21.0 Å². The maximum atomic E-state index is 12.7. The van der Waals surface area contributed by atoms with Crippen LogP contribution in [0.4, 0.5) is 13.2 Å². The van der Waals surface area contributed by atoms with Gasteiger partial charge in [-0.1, -0.05) is 11.3 Å². The molecular formula is C12H13F3N4. The van der Waals surface area contributed by atoms with Gasteiger partial charge in [0, 0.05) is 12.5 Å². The van der Waals surface area contributed by atoms with Gasteiger partial charge in [0.25, 0.3) is 0 Å². The minimum absolute atomic E-state index is 0.122. The van der Waals surface area contributed by atoms with Gasteiger partial charge in [0.05, 0.1) is 23.1 Å². The molecule has 0 fully saturated rings. The lowest BCUT2D eigenvalue weighted by atomic mass is 10.1. The van der Waals surface area contributed by atoms with Gasteiger partial charge in [-0.3, -0.25) is 0 Å². The Kier molecular flexibility index (Phi) is 3.57. The molecule has 102 valence electrons. The van der Waals surface area contributed by atoms with Gasteiger partial charge in [-0.05, 0) is 25.1 Å². The van der Waals surface area contributed by atoms with Crippen molar-refractivity contribution < 1.29 is 13.2 Å². The quantitative estimate of drug-likeness (QED) is 0.930. The number of nitrogens with two attached hydrogens (primary N) is 1. The second kappa shape index (κ2) is 5.00. The Bertz CT molecular complexity index is 560. The van der Waals surface area contributed by atoms with Crippen LogP contribution in [0.2, 0.25) is 0 Å². The Morgan fingerprint density at radius 1 is 1.37 bits per heavy atom. The molecule has 0 saturated heterocycles. The maximum absolute atomic E-state index is 12.7. The van der Waals surface area contributed by atoms with Crippen LogP contribution in [0, 0.1) is 0 Å². The Balaban J connectivity index is 2.40. The van der Waals surface area contributed by atoms with E-state index in [1.807, 2.05) is 6.92 Å². The highest BCUT2D eigenvalue weighted by atomic mass is 19.4. The normalized spacial score (nSPS) is 13.5. The Labute approximate surface area is 108 Å². The number of hydrogen-bond acceptors (Lipinski definition) is 3. The van der Waals surface area contributed by atoms with Crippen molar-refractivity contribution in [1.29, 1.82) is 0 Å². The summed E-state index contributed by atoms with van der Waals surface area (Å²) in [5, 5.41) is 7.53. The molecule has 4 nitrogen and oxygen atoms in total. The molecule has 0 aliphatic carbocycles. The minimum Gasteiger partial charge on any atom is -0.328 e. The summed E-state index contributed by atoms with van der Waals surface area (Å²) in [6.07, 6.45) is -2.38. The molecule has 2 N–H and O–H groups in total. The molecule has 1 aromatic carbocycles. The maximum Gasteiger partial charge on any atom is 0.416 e. The average molecular weight is 270 g/mol. The number of alkyl halides is 3. The minimum atomic E-state index is -4.38. The Morgan fingerprint density at radius 3 is 2.74 bits per heavy atom. The van der Waals surface area contributed by atoms with Crippen LogP contribution >= 0.6 is 0 Å².